The lowest BCUT2D eigenvalue weighted by Crippen LogP contribution is -2.22. The maximum Gasteiger partial charge on any atom is 0.136 e. The minimum absolute atomic E-state index is 0.776. The van der Waals surface area contributed by atoms with Gasteiger partial charge in [0.05, 0.1) is 5.69 Å². The molecule has 0 saturated carbocycles. The van der Waals surface area contributed by atoms with E-state index < -0.39 is 0 Å². The van der Waals surface area contributed by atoms with E-state index in [9.17, 15) is 0 Å². The number of fused-ring (bicyclic) bond motifs is 1. The second kappa shape index (κ2) is 7.22. The molecule has 2 rings (SSSR count). The number of aromatic nitrogens is 1. The van der Waals surface area contributed by atoms with Crippen molar-refractivity contribution in [1.29, 1.82) is 0 Å². The Morgan fingerprint density at radius 1 is 1.30 bits per heavy atom. The molecule has 1 aromatic carbocycles. The maximum absolute atomic E-state index is 5.12. The van der Waals surface area contributed by atoms with Gasteiger partial charge in [-0.3, -0.25) is 0 Å². The summed E-state index contributed by atoms with van der Waals surface area (Å²) in [5, 5.41) is 5.60. The quantitative estimate of drug-likeness (QED) is 0.786. The summed E-state index contributed by atoms with van der Waals surface area (Å²) < 4.78 is 5.12. The van der Waals surface area contributed by atoms with Crippen LogP contribution in [-0.4, -0.2) is 39.3 Å². The SMILES string of the molecule is CNCc1cc2ccccc2c(N(C)CCCOC)n1. The number of nitrogens with one attached hydrogen (secondary N) is 1. The Bertz CT molecular complexity index is 556. The van der Waals surface area contributed by atoms with Crippen molar-refractivity contribution in [2.24, 2.45) is 0 Å². The van der Waals surface area contributed by atoms with E-state index in [-0.39, 0.29) is 0 Å². The summed E-state index contributed by atoms with van der Waals surface area (Å²) in [6, 6.07) is 10.6. The van der Waals surface area contributed by atoms with Crippen LogP contribution >= 0.6 is 0 Å². The first-order valence-electron chi connectivity index (χ1n) is 6.99. The van der Waals surface area contributed by atoms with Gasteiger partial charge in [0.15, 0.2) is 0 Å². The Kier molecular flexibility index (Phi) is 5.32. The van der Waals surface area contributed by atoms with Crippen LogP contribution in [0.1, 0.15) is 12.1 Å². The molecule has 0 amide bonds. The van der Waals surface area contributed by atoms with Gasteiger partial charge in [-0.25, -0.2) is 4.98 Å². The van der Waals surface area contributed by atoms with Crippen LogP contribution in [0.2, 0.25) is 0 Å². The molecule has 0 atom stereocenters. The molecule has 0 bridgehead atoms. The summed E-state index contributed by atoms with van der Waals surface area (Å²) in [6.45, 7) is 2.50. The van der Waals surface area contributed by atoms with Gasteiger partial charge < -0.3 is 15.0 Å². The fourth-order valence-corrected chi connectivity index (χ4v) is 2.35. The first kappa shape index (κ1) is 14.8. The lowest BCUT2D eigenvalue weighted by atomic mass is 10.1. The average molecular weight is 273 g/mol. The topological polar surface area (TPSA) is 37.4 Å². The van der Waals surface area contributed by atoms with Crippen LogP contribution in [-0.2, 0) is 11.3 Å². The van der Waals surface area contributed by atoms with Gasteiger partial charge in [-0.2, -0.15) is 0 Å². The van der Waals surface area contributed by atoms with Crippen LogP contribution in [0.15, 0.2) is 30.3 Å². The third-order valence-electron chi connectivity index (χ3n) is 3.33. The monoisotopic (exact) mass is 273 g/mol. The van der Waals surface area contributed by atoms with Crippen LogP contribution in [0.4, 0.5) is 5.82 Å². The number of ether oxygens (including phenoxy) is 1. The van der Waals surface area contributed by atoms with E-state index in [2.05, 4.69) is 47.6 Å². The predicted octanol–water partition coefficient (Wildman–Crippen LogP) is 2.43. The molecule has 0 radical (unpaired) electrons. The molecular weight excluding hydrogens is 250 g/mol. The highest BCUT2D eigenvalue weighted by molar-refractivity contribution is 5.92. The highest BCUT2D eigenvalue weighted by Gasteiger charge is 2.09. The smallest absolute Gasteiger partial charge is 0.136 e. The van der Waals surface area contributed by atoms with Gasteiger partial charge in [-0.05, 0) is 24.9 Å². The fraction of sp³-hybridized carbons (Fsp3) is 0.438. The second-order valence-corrected chi connectivity index (χ2v) is 4.96. The summed E-state index contributed by atoms with van der Waals surface area (Å²) >= 11 is 0. The molecule has 0 aliphatic rings. The van der Waals surface area contributed by atoms with Crippen molar-refractivity contribution < 1.29 is 4.74 Å². The molecule has 2 aromatic rings. The van der Waals surface area contributed by atoms with Crippen LogP contribution in [0, 0.1) is 0 Å². The van der Waals surface area contributed by atoms with Crippen molar-refractivity contribution in [3.63, 3.8) is 0 Å². The molecule has 1 aromatic heterocycles. The molecule has 0 spiro atoms. The standard InChI is InChI=1S/C16H23N3O/c1-17-12-14-11-13-7-4-5-8-15(13)16(18-14)19(2)9-6-10-20-3/h4-5,7-8,11,17H,6,9-10,12H2,1-3H3. The number of anilines is 1. The number of hydrogen-bond acceptors (Lipinski definition) is 4. The van der Waals surface area contributed by atoms with Crippen molar-refractivity contribution in [1.82, 2.24) is 10.3 Å². The predicted molar refractivity (Wildman–Crippen MR) is 84.3 cm³/mol. The minimum atomic E-state index is 0.776. The zero-order chi connectivity index (χ0) is 14.4. The zero-order valence-corrected chi connectivity index (χ0v) is 12.5. The number of benzene rings is 1. The van der Waals surface area contributed by atoms with Crippen molar-refractivity contribution in [2.75, 3.05) is 39.3 Å². The van der Waals surface area contributed by atoms with Gasteiger partial charge in [0, 0.05) is 39.2 Å². The van der Waals surface area contributed by atoms with Crippen LogP contribution in [0.3, 0.4) is 0 Å². The molecule has 1 N–H and O–H groups in total. The molecule has 108 valence electrons. The van der Waals surface area contributed by atoms with Gasteiger partial charge in [0.25, 0.3) is 0 Å². The van der Waals surface area contributed by atoms with E-state index in [1.165, 1.54) is 10.8 Å². The average Bonchev–Trinajstić information content (AvgIpc) is 2.47. The number of rotatable bonds is 7. The lowest BCUT2D eigenvalue weighted by molar-refractivity contribution is 0.196. The first-order chi connectivity index (χ1) is 9.76. The second-order valence-electron chi connectivity index (χ2n) is 4.96. The molecule has 0 aliphatic carbocycles. The number of methoxy groups -OCH3 is 1. The van der Waals surface area contributed by atoms with E-state index in [1.54, 1.807) is 7.11 Å². The Morgan fingerprint density at radius 2 is 2.10 bits per heavy atom. The fourth-order valence-electron chi connectivity index (χ4n) is 2.35. The van der Waals surface area contributed by atoms with Gasteiger partial charge in [0.1, 0.15) is 5.82 Å². The summed E-state index contributed by atoms with van der Waals surface area (Å²) in [7, 11) is 5.77. The summed E-state index contributed by atoms with van der Waals surface area (Å²) in [5.74, 6) is 1.05. The molecule has 4 nitrogen and oxygen atoms in total. The van der Waals surface area contributed by atoms with E-state index in [1.807, 2.05) is 7.05 Å². The third kappa shape index (κ3) is 3.46. The largest absolute Gasteiger partial charge is 0.385 e. The molecule has 0 saturated heterocycles. The Labute approximate surface area is 120 Å². The molecule has 20 heavy (non-hydrogen) atoms. The third-order valence-corrected chi connectivity index (χ3v) is 3.33. The van der Waals surface area contributed by atoms with Crippen molar-refractivity contribution in [3.8, 4) is 0 Å². The number of hydrogen-bond donors (Lipinski definition) is 1. The molecule has 4 heteroatoms. The van der Waals surface area contributed by atoms with Gasteiger partial charge in [-0.1, -0.05) is 24.3 Å². The van der Waals surface area contributed by atoms with Crippen molar-refractivity contribution in [2.45, 2.75) is 13.0 Å². The van der Waals surface area contributed by atoms with Gasteiger partial charge in [-0.15, -0.1) is 0 Å². The summed E-state index contributed by atoms with van der Waals surface area (Å²) in [6.07, 6.45) is 0.999. The summed E-state index contributed by atoms with van der Waals surface area (Å²) in [4.78, 5) is 7.00. The van der Waals surface area contributed by atoms with E-state index in [0.29, 0.717) is 0 Å². The number of pyridine rings is 1. The Balaban J connectivity index is 2.33. The Morgan fingerprint density at radius 3 is 2.85 bits per heavy atom. The Hall–Kier alpha value is -1.65. The first-order valence-corrected chi connectivity index (χ1v) is 6.99. The van der Waals surface area contributed by atoms with E-state index in [4.69, 9.17) is 9.72 Å². The molecule has 0 aliphatic heterocycles. The van der Waals surface area contributed by atoms with E-state index in [0.717, 1.165) is 37.6 Å². The van der Waals surface area contributed by atoms with Crippen LogP contribution in [0.5, 0.6) is 0 Å². The molecule has 0 fully saturated rings. The summed E-state index contributed by atoms with van der Waals surface area (Å²) in [5.41, 5.74) is 1.07. The normalized spacial score (nSPS) is 10.9. The van der Waals surface area contributed by atoms with E-state index >= 15 is 0 Å². The zero-order valence-electron chi connectivity index (χ0n) is 12.5. The molecule has 0 unspecified atom stereocenters. The van der Waals surface area contributed by atoms with Gasteiger partial charge in [0.2, 0.25) is 0 Å². The minimum Gasteiger partial charge on any atom is -0.385 e. The lowest BCUT2D eigenvalue weighted by Gasteiger charge is -2.21. The number of nitrogens with zero attached hydrogens (tertiary/aromatic N) is 2. The van der Waals surface area contributed by atoms with Crippen molar-refractivity contribution in [3.05, 3.63) is 36.0 Å². The van der Waals surface area contributed by atoms with Crippen molar-refractivity contribution >= 4 is 16.6 Å². The van der Waals surface area contributed by atoms with Crippen LogP contribution in [0.25, 0.3) is 10.8 Å². The van der Waals surface area contributed by atoms with Gasteiger partial charge >= 0.3 is 0 Å². The molecule has 1 heterocycles. The molecular formula is C16H23N3O. The highest BCUT2D eigenvalue weighted by atomic mass is 16.5. The maximum atomic E-state index is 5.12. The highest BCUT2D eigenvalue weighted by Crippen LogP contribution is 2.25. The van der Waals surface area contributed by atoms with Crippen LogP contribution < -0.4 is 10.2 Å².